The average Bonchev–Trinajstić information content (AvgIpc) is 2.86. The topological polar surface area (TPSA) is 59.4 Å². The summed E-state index contributed by atoms with van der Waals surface area (Å²) in [5, 5.41) is 12.0. The molecule has 5 nitrogen and oxygen atoms in total. The Balaban J connectivity index is 1.40. The molecule has 0 aliphatic carbocycles. The molecule has 0 aromatic heterocycles. The molecule has 3 aromatic carbocycles. The molecule has 1 fully saturated rings. The van der Waals surface area contributed by atoms with Crippen LogP contribution in [0.1, 0.15) is 29.5 Å². The second kappa shape index (κ2) is 11.4. The number of benzene rings is 3. The minimum atomic E-state index is -0.373. The van der Waals surface area contributed by atoms with Crippen molar-refractivity contribution < 1.29 is 9.18 Å². The van der Waals surface area contributed by atoms with E-state index in [4.69, 9.17) is 5.26 Å². The fourth-order valence-electron chi connectivity index (χ4n) is 4.49. The van der Waals surface area contributed by atoms with E-state index in [0.29, 0.717) is 17.8 Å². The van der Waals surface area contributed by atoms with Gasteiger partial charge in [0.05, 0.1) is 11.6 Å². The summed E-state index contributed by atoms with van der Waals surface area (Å²) in [5.74, 6) is -0.373. The number of rotatable bonds is 7. The number of amides is 2. The third-order valence-electron chi connectivity index (χ3n) is 6.28. The van der Waals surface area contributed by atoms with Gasteiger partial charge in [0.1, 0.15) is 5.82 Å². The summed E-state index contributed by atoms with van der Waals surface area (Å²) in [6, 6.07) is 26.0. The lowest BCUT2D eigenvalue weighted by Crippen LogP contribution is -2.49. The zero-order valence-electron chi connectivity index (χ0n) is 19.2. The highest BCUT2D eigenvalue weighted by Crippen LogP contribution is 2.21. The van der Waals surface area contributed by atoms with Crippen molar-refractivity contribution in [1.82, 2.24) is 9.80 Å². The van der Waals surface area contributed by atoms with Gasteiger partial charge < -0.3 is 10.2 Å². The number of halogens is 1. The number of hydrogen-bond acceptors (Lipinski definition) is 3. The Bertz CT molecular complexity index is 1140. The zero-order chi connectivity index (χ0) is 23.8. The molecule has 1 saturated heterocycles. The molecule has 0 spiro atoms. The fraction of sp³-hybridized carbons (Fsp3) is 0.286. The molecule has 3 aromatic rings. The van der Waals surface area contributed by atoms with E-state index in [2.05, 4.69) is 28.4 Å². The number of nitriles is 1. The minimum absolute atomic E-state index is 0.110. The molecule has 174 valence electrons. The summed E-state index contributed by atoms with van der Waals surface area (Å²) in [6.07, 6.45) is 2.49. The predicted molar refractivity (Wildman–Crippen MR) is 132 cm³/mol. The van der Waals surface area contributed by atoms with Gasteiger partial charge in [0.15, 0.2) is 0 Å². The molecule has 34 heavy (non-hydrogen) atoms. The third kappa shape index (κ3) is 6.43. The lowest BCUT2D eigenvalue weighted by molar-refractivity contribution is 0.124. The normalized spacial score (nSPS) is 14.4. The van der Waals surface area contributed by atoms with Crippen LogP contribution in [0.4, 0.5) is 14.9 Å². The quantitative estimate of drug-likeness (QED) is 0.515. The lowest BCUT2D eigenvalue weighted by Gasteiger charge is -2.38. The molecule has 4 rings (SSSR count). The van der Waals surface area contributed by atoms with Gasteiger partial charge in [-0.25, -0.2) is 9.18 Å². The van der Waals surface area contributed by atoms with Crippen molar-refractivity contribution in [2.75, 3.05) is 25.0 Å². The monoisotopic (exact) mass is 456 g/mol. The van der Waals surface area contributed by atoms with Gasteiger partial charge in [-0.05, 0) is 60.7 Å². The van der Waals surface area contributed by atoms with Crippen LogP contribution in [-0.4, -0.2) is 41.5 Å². The number of carbonyl (C=O) groups is 1. The molecule has 1 aliphatic rings. The van der Waals surface area contributed by atoms with Gasteiger partial charge in [-0.1, -0.05) is 48.5 Å². The SMILES string of the molecule is N#Cc1cccc(CN2CCC(N(CCc3ccccc3)C(=O)Nc3cccc(F)c3)CC2)c1. The first kappa shape index (κ1) is 23.5. The summed E-state index contributed by atoms with van der Waals surface area (Å²) in [7, 11) is 0. The average molecular weight is 457 g/mol. The van der Waals surface area contributed by atoms with Crippen molar-refractivity contribution >= 4 is 11.7 Å². The number of nitrogens with one attached hydrogen (secondary N) is 1. The van der Waals surface area contributed by atoms with Crippen molar-refractivity contribution in [3.8, 4) is 6.07 Å². The van der Waals surface area contributed by atoms with E-state index in [9.17, 15) is 9.18 Å². The van der Waals surface area contributed by atoms with Crippen LogP contribution in [0.25, 0.3) is 0 Å². The molecule has 2 amide bonds. The number of piperidine rings is 1. The summed E-state index contributed by atoms with van der Waals surface area (Å²) in [4.78, 5) is 17.5. The Morgan fingerprint density at radius 2 is 1.74 bits per heavy atom. The first-order valence-corrected chi connectivity index (χ1v) is 11.7. The summed E-state index contributed by atoms with van der Waals surface area (Å²) in [5.41, 5.74) is 3.45. The van der Waals surface area contributed by atoms with Crippen LogP contribution in [0.5, 0.6) is 0 Å². The highest BCUT2D eigenvalue weighted by atomic mass is 19.1. The highest BCUT2D eigenvalue weighted by molar-refractivity contribution is 5.89. The molecule has 0 bridgehead atoms. The zero-order valence-corrected chi connectivity index (χ0v) is 19.2. The lowest BCUT2D eigenvalue weighted by atomic mass is 10.0. The molecule has 1 heterocycles. The summed E-state index contributed by atoms with van der Waals surface area (Å²) in [6.45, 7) is 3.13. The molecule has 0 unspecified atom stereocenters. The maximum Gasteiger partial charge on any atom is 0.322 e. The molecule has 0 atom stereocenters. The fourth-order valence-corrected chi connectivity index (χ4v) is 4.49. The minimum Gasteiger partial charge on any atom is -0.321 e. The van der Waals surface area contributed by atoms with Crippen LogP contribution in [-0.2, 0) is 13.0 Å². The smallest absolute Gasteiger partial charge is 0.321 e. The molecule has 0 radical (unpaired) electrons. The molecular formula is C28H29FN4O. The Hall–Kier alpha value is -3.69. The van der Waals surface area contributed by atoms with E-state index in [0.717, 1.165) is 44.5 Å². The van der Waals surface area contributed by atoms with Crippen LogP contribution in [0.15, 0.2) is 78.9 Å². The molecule has 0 saturated carbocycles. The first-order chi connectivity index (χ1) is 16.6. The molecule has 6 heteroatoms. The number of hydrogen-bond donors (Lipinski definition) is 1. The maximum atomic E-state index is 13.6. The number of urea groups is 1. The second-order valence-corrected chi connectivity index (χ2v) is 8.69. The second-order valence-electron chi connectivity index (χ2n) is 8.69. The van der Waals surface area contributed by atoms with E-state index in [1.807, 2.05) is 47.4 Å². The van der Waals surface area contributed by atoms with E-state index < -0.39 is 0 Å². The maximum absolute atomic E-state index is 13.6. The van der Waals surface area contributed by atoms with Crippen LogP contribution in [0, 0.1) is 17.1 Å². The van der Waals surface area contributed by atoms with Crippen LogP contribution in [0.3, 0.4) is 0 Å². The largest absolute Gasteiger partial charge is 0.322 e. The van der Waals surface area contributed by atoms with Crippen molar-refractivity contribution in [2.45, 2.75) is 31.8 Å². The number of anilines is 1. The van der Waals surface area contributed by atoms with Gasteiger partial charge in [0, 0.05) is 37.9 Å². The molecular weight excluding hydrogens is 427 g/mol. The van der Waals surface area contributed by atoms with E-state index in [-0.39, 0.29) is 17.9 Å². The standard InChI is InChI=1S/C28H29FN4O/c29-25-10-5-11-26(19-25)31-28(34)33(17-12-22-6-2-1-3-7-22)27-13-15-32(16-14-27)21-24-9-4-8-23(18-24)20-30/h1-11,18-19,27H,12-17,21H2,(H,31,34). The van der Waals surface area contributed by atoms with Gasteiger partial charge >= 0.3 is 6.03 Å². The number of likely N-dealkylation sites (tertiary alicyclic amines) is 1. The van der Waals surface area contributed by atoms with Crippen molar-refractivity contribution in [3.05, 3.63) is 101 Å². The van der Waals surface area contributed by atoms with Gasteiger partial charge in [0.25, 0.3) is 0 Å². The third-order valence-corrected chi connectivity index (χ3v) is 6.28. The number of nitrogens with zero attached hydrogens (tertiary/aromatic N) is 3. The molecule has 1 N–H and O–H groups in total. The summed E-state index contributed by atoms with van der Waals surface area (Å²) < 4.78 is 13.6. The van der Waals surface area contributed by atoms with Crippen LogP contribution in [0.2, 0.25) is 0 Å². The molecule has 1 aliphatic heterocycles. The van der Waals surface area contributed by atoms with Gasteiger partial charge in [-0.15, -0.1) is 0 Å². The van der Waals surface area contributed by atoms with E-state index >= 15 is 0 Å². The summed E-state index contributed by atoms with van der Waals surface area (Å²) >= 11 is 0. The van der Waals surface area contributed by atoms with Crippen molar-refractivity contribution in [2.24, 2.45) is 0 Å². The predicted octanol–water partition coefficient (Wildman–Crippen LogP) is 5.44. The van der Waals surface area contributed by atoms with E-state index in [1.54, 1.807) is 12.1 Å². The van der Waals surface area contributed by atoms with Gasteiger partial charge in [-0.3, -0.25) is 4.90 Å². The Morgan fingerprint density at radius 3 is 2.47 bits per heavy atom. The van der Waals surface area contributed by atoms with Crippen molar-refractivity contribution in [1.29, 1.82) is 5.26 Å². The Morgan fingerprint density at radius 1 is 1.00 bits per heavy atom. The van der Waals surface area contributed by atoms with Crippen LogP contribution >= 0.6 is 0 Å². The van der Waals surface area contributed by atoms with Gasteiger partial charge in [-0.2, -0.15) is 5.26 Å². The van der Waals surface area contributed by atoms with Crippen LogP contribution < -0.4 is 5.32 Å². The Labute approximate surface area is 200 Å². The van der Waals surface area contributed by atoms with E-state index in [1.165, 1.54) is 17.7 Å². The van der Waals surface area contributed by atoms with Gasteiger partial charge in [0.2, 0.25) is 0 Å². The highest BCUT2D eigenvalue weighted by Gasteiger charge is 2.28. The Kier molecular flexibility index (Phi) is 7.90. The first-order valence-electron chi connectivity index (χ1n) is 11.7. The number of carbonyl (C=O) groups excluding carboxylic acids is 1. The van der Waals surface area contributed by atoms with Crippen molar-refractivity contribution in [3.63, 3.8) is 0 Å².